The number of hydrogen-bond acceptors (Lipinski definition) is 5. The third kappa shape index (κ3) is 6.22. The van der Waals surface area contributed by atoms with Crippen LogP contribution in [0.15, 0.2) is 42.7 Å². The molecular weight excluding hydrogens is 435 g/mol. The zero-order valence-corrected chi connectivity index (χ0v) is 19.3. The van der Waals surface area contributed by atoms with E-state index in [9.17, 15) is 17.6 Å². The first-order chi connectivity index (χ1) is 15.1. The number of nitrogens with zero attached hydrogens (tertiary/aromatic N) is 4. The van der Waals surface area contributed by atoms with Crippen LogP contribution in [-0.2, 0) is 16.8 Å². The SMILES string of the molecule is CN(C)S(=O)(=O)N(C)C1CCN(Cc2cc(F)cc(NC(=O)Nc3cccnc3)c2)CC1. The van der Waals surface area contributed by atoms with Crippen molar-refractivity contribution in [2.75, 3.05) is 44.9 Å². The number of benzene rings is 1. The normalized spacial score (nSPS) is 15.8. The molecule has 1 aromatic heterocycles. The van der Waals surface area contributed by atoms with Gasteiger partial charge in [-0.1, -0.05) is 0 Å². The van der Waals surface area contributed by atoms with Crippen molar-refractivity contribution in [1.29, 1.82) is 0 Å². The van der Waals surface area contributed by atoms with Crippen LogP contribution in [0.1, 0.15) is 18.4 Å². The molecule has 3 rings (SSSR count). The van der Waals surface area contributed by atoms with E-state index in [2.05, 4.69) is 20.5 Å². The number of carbonyl (C=O) groups excluding carboxylic acids is 1. The quantitative estimate of drug-likeness (QED) is 0.656. The van der Waals surface area contributed by atoms with E-state index in [-0.39, 0.29) is 6.04 Å². The highest BCUT2D eigenvalue weighted by Gasteiger charge is 2.31. The first-order valence-electron chi connectivity index (χ1n) is 10.3. The second kappa shape index (κ2) is 10.3. The zero-order valence-electron chi connectivity index (χ0n) is 18.5. The van der Waals surface area contributed by atoms with Crippen LogP contribution in [0.3, 0.4) is 0 Å². The van der Waals surface area contributed by atoms with Crippen molar-refractivity contribution >= 4 is 27.6 Å². The lowest BCUT2D eigenvalue weighted by atomic mass is 10.0. The standard InChI is InChI=1S/C21H29FN6O3S/c1-26(2)32(30,31)27(3)20-6-9-28(10-7-20)15-16-11-17(22)13-19(12-16)25-21(29)24-18-5-4-8-23-14-18/h4-5,8,11-14,20H,6-7,9-10,15H2,1-3H3,(H2,24,25,29). The van der Waals surface area contributed by atoms with E-state index in [1.807, 2.05) is 0 Å². The van der Waals surface area contributed by atoms with Gasteiger partial charge in [0.1, 0.15) is 5.82 Å². The van der Waals surface area contributed by atoms with Gasteiger partial charge in [-0.15, -0.1) is 0 Å². The predicted octanol–water partition coefficient (Wildman–Crippen LogP) is 2.57. The van der Waals surface area contributed by atoms with Crippen LogP contribution in [0.5, 0.6) is 0 Å². The molecule has 0 bridgehead atoms. The Morgan fingerprint density at radius 2 is 1.84 bits per heavy atom. The molecule has 0 aliphatic carbocycles. The number of pyridine rings is 1. The number of piperidine rings is 1. The molecule has 2 amide bonds. The third-order valence-electron chi connectivity index (χ3n) is 5.44. The van der Waals surface area contributed by atoms with Crippen molar-refractivity contribution in [2.45, 2.75) is 25.4 Å². The van der Waals surface area contributed by atoms with Gasteiger partial charge in [0, 0.05) is 58.7 Å². The van der Waals surface area contributed by atoms with Gasteiger partial charge in [-0.3, -0.25) is 9.88 Å². The molecule has 2 N–H and O–H groups in total. The first-order valence-corrected chi connectivity index (χ1v) is 11.7. The highest BCUT2D eigenvalue weighted by molar-refractivity contribution is 7.86. The lowest BCUT2D eigenvalue weighted by Gasteiger charge is -2.37. The smallest absolute Gasteiger partial charge is 0.308 e. The van der Waals surface area contributed by atoms with Gasteiger partial charge < -0.3 is 10.6 Å². The number of hydrogen-bond donors (Lipinski definition) is 2. The Labute approximate surface area is 188 Å². The minimum atomic E-state index is -3.45. The minimum absolute atomic E-state index is 0.0699. The van der Waals surface area contributed by atoms with E-state index in [1.54, 1.807) is 31.4 Å². The molecule has 0 spiro atoms. The highest BCUT2D eigenvalue weighted by atomic mass is 32.2. The van der Waals surface area contributed by atoms with Crippen molar-refractivity contribution in [1.82, 2.24) is 18.5 Å². The van der Waals surface area contributed by atoms with Gasteiger partial charge >= 0.3 is 6.03 Å². The van der Waals surface area contributed by atoms with Crippen LogP contribution in [0.25, 0.3) is 0 Å². The number of nitrogens with one attached hydrogen (secondary N) is 2. The molecular formula is C21H29FN6O3S. The summed E-state index contributed by atoms with van der Waals surface area (Å²) in [5.74, 6) is -0.439. The van der Waals surface area contributed by atoms with Crippen LogP contribution in [-0.4, -0.2) is 73.2 Å². The van der Waals surface area contributed by atoms with Gasteiger partial charge in [-0.05, 0) is 48.7 Å². The number of likely N-dealkylation sites (tertiary alicyclic amines) is 1. The molecule has 2 heterocycles. The van der Waals surface area contributed by atoms with E-state index < -0.39 is 22.1 Å². The number of anilines is 2. The number of halogens is 1. The minimum Gasteiger partial charge on any atom is -0.308 e. The summed E-state index contributed by atoms with van der Waals surface area (Å²) < 4.78 is 41.5. The summed E-state index contributed by atoms with van der Waals surface area (Å²) in [6, 6.07) is 7.29. The molecule has 174 valence electrons. The van der Waals surface area contributed by atoms with Gasteiger partial charge in [-0.2, -0.15) is 17.0 Å². The van der Waals surface area contributed by atoms with Crippen LogP contribution >= 0.6 is 0 Å². The van der Waals surface area contributed by atoms with Gasteiger partial charge in [0.25, 0.3) is 10.2 Å². The summed E-state index contributed by atoms with van der Waals surface area (Å²) in [5, 5.41) is 5.29. The molecule has 0 radical (unpaired) electrons. The number of amides is 2. The number of urea groups is 1. The molecule has 1 aromatic carbocycles. The molecule has 1 aliphatic heterocycles. The fourth-order valence-electron chi connectivity index (χ4n) is 3.69. The van der Waals surface area contributed by atoms with Crippen molar-refractivity contribution in [3.63, 3.8) is 0 Å². The maximum Gasteiger partial charge on any atom is 0.323 e. The molecule has 2 aromatic rings. The second-order valence-corrected chi connectivity index (χ2v) is 10.2. The van der Waals surface area contributed by atoms with Gasteiger partial charge in [0.2, 0.25) is 0 Å². The van der Waals surface area contributed by atoms with Crippen LogP contribution in [0.2, 0.25) is 0 Å². The van der Waals surface area contributed by atoms with Crippen molar-refractivity contribution in [3.8, 4) is 0 Å². The molecule has 9 nitrogen and oxygen atoms in total. The number of aromatic nitrogens is 1. The maximum absolute atomic E-state index is 14.2. The molecule has 1 aliphatic rings. The Hall–Kier alpha value is -2.60. The van der Waals surface area contributed by atoms with E-state index in [1.165, 1.54) is 41.0 Å². The van der Waals surface area contributed by atoms with E-state index in [0.717, 1.165) is 5.56 Å². The summed E-state index contributed by atoms with van der Waals surface area (Å²) in [6.07, 6.45) is 4.50. The fourth-order valence-corrected chi connectivity index (χ4v) is 4.79. The zero-order chi connectivity index (χ0) is 23.3. The molecule has 11 heteroatoms. The molecule has 0 atom stereocenters. The van der Waals surface area contributed by atoms with E-state index in [0.29, 0.717) is 43.9 Å². The molecule has 0 saturated carbocycles. The molecule has 32 heavy (non-hydrogen) atoms. The number of rotatable bonds is 7. The summed E-state index contributed by atoms with van der Waals surface area (Å²) in [6.45, 7) is 1.89. The summed E-state index contributed by atoms with van der Waals surface area (Å²) in [4.78, 5) is 18.3. The molecule has 1 fully saturated rings. The monoisotopic (exact) mass is 464 g/mol. The van der Waals surface area contributed by atoms with Crippen molar-refractivity contribution < 1.29 is 17.6 Å². The topological polar surface area (TPSA) is 97.9 Å². The third-order valence-corrected chi connectivity index (χ3v) is 7.39. The van der Waals surface area contributed by atoms with Crippen molar-refractivity contribution in [2.24, 2.45) is 0 Å². The Morgan fingerprint density at radius 1 is 1.16 bits per heavy atom. The van der Waals surface area contributed by atoms with Crippen LogP contribution < -0.4 is 10.6 Å². The molecule has 0 unspecified atom stereocenters. The average molecular weight is 465 g/mol. The average Bonchev–Trinajstić information content (AvgIpc) is 2.73. The van der Waals surface area contributed by atoms with Crippen LogP contribution in [0.4, 0.5) is 20.6 Å². The van der Waals surface area contributed by atoms with E-state index >= 15 is 0 Å². The second-order valence-electron chi connectivity index (χ2n) is 7.98. The predicted molar refractivity (Wildman–Crippen MR) is 122 cm³/mol. The summed E-state index contributed by atoms with van der Waals surface area (Å²) in [7, 11) is 1.20. The Morgan fingerprint density at radius 3 is 2.47 bits per heavy atom. The first kappa shape index (κ1) is 24.1. The van der Waals surface area contributed by atoms with Crippen LogP contribution in [0, 0.1) is 5.82 Å². The van der Waals surface area contributed by atoms with Gasteiger partial charge in [0.15, 0.2) is 0 Å². The largest absolute Gasteiger partial charge is 0.323 e. The Bertz CT molecular complexity index is 1030. The summed E-state index contributed by atoms with van der Waals surface area (Å²) >= 11 is 0. The van der Waals surface area contributed by atoms with E-state index in [4.69, 9.17) is 0 Å². The molecule has 1 saturated heterocycles. The summed E-state index contributed by atoms with van der Waals surface area (Å²) in [5.41, 5.74) is 1.62. The lowest BCUT2D eigenvalue weighted by molar-refractivity contribution is 0.161. The highest BCUT2D eigenvalue weighted by Crippen LogP contribution is 2.22. The fraction of sp³-hybridized carbons (Fsp3) is 0.429. The maximum atomic E-state index is 14.2. The Kier molecular flexibility index (Phi) is 7.77. The van der Waals surface area contributed by atoms with Gasteiger partial charge in [-0.25, -0.2) is 9.18 Å². The Balaban J connectivity index is 1.57. The number of carbonyl (C=O) groups is 1. The van der Waals surface area contributed by atoms with Gasteiger partial charge in [0.05, 0.1) is 11.9 Å². The van der Waals surface area contributed by atoms with Crippen molar-refractivity contribution in [3.05, 3.63) is 54.1 Å². The lowest BCUT2D eigenvalue weighted by Crippen LogP contribution is -2.48.